The second-order valence-electron chi connectivity index (χ2n) is 4.48. The second kappa shape index (κ2) is 4.65. The monoisotopic (exact) mass is 233 g/mol. The van der Waals surface area contributed by atoms with Crippen molar-refractivity contribution in [2.75, 3.05) is 24.6 Å². The van der Waals surface area contributed by atoms with Crippen molar-refractivity contribution in [2.45, 2.75) is 26.2 Å². The van der Waals surface area contributed by atoms with Gasteiger partial charge in [-0.2, -0.15) is 0 Å². The summed E-state index contributed by atoms with van der Waals surface area (Å²) in [5.74, 6) is 0.221. The molecular formula is C13H19N3O. The molecule has 1 amide bonds. The number of anilines is 2. The summed E-state index contributed by atoms with van der Waals surface area (Å²) >= 11 is 0. The number of nitrogen functional groups attached to an aromatic ring is 2. The molecule has 4 N–H and O–H groups in total. The van der Waals surface area contributed by atoms with E-state index in [0.29, 0.717) is 17.8 Å². The Morgan fingerprint density at radius 3 is 2.06 bits per heavy atom. The molecule has 1 aromatic rings. The second-order valence-corrected chi connectivity index (χ2v) is 4.48. The van der Waals surface area contributed by atoms with E-state index in [0.717, 1.165) is 25.9 Å². The first-order chi connectivity index (χ1) is 8.11. The Morgan fingerprint density at radius 1 is 1.18 bits per heavy atom. The fourth-order valence-corrected chi connectivity index (χ4v) is 2.29. The van der Waals surface area contributed by atoms with Crippen LogP contribution in [0.15, 0.2) is 12.1 Å². The van der Waals surface area contributed by atoms with Crippen molar-refractivity contribution in [3.05, 3.63) is 23.3 Å². The zero-order chi connectivity index (χ0) is 12.4. The van der Waals surface area contributed by atoms with Gasteiger partial charge in [0.15, 0.2) is 0 Å². The molecule has 92 valence electrons. The maximum absolute atomic E-state index is 11.7. The number of rotatable bonds is 1. The lowest BCUT2D eigenvalue weighted by Crippen LogP contribution is -2.32. The molecule has 0 fully saturated rings. The molecule has 0 saturated heterocycles. The number of carbonyl (C=O) groups excluding carboxylic acids is 1. The van der Waals surface area contributed by atoms with Gasteiger partial charge in [-0.05, 0) is 36.1 Å². The number of nitrogens with two attached hydrogens (primary N) is 2. The number of hydrogen-bond donors (Lipinski definition) is 2. The summed E-state index contributed by atoms with van der Waals surface area (Å²) in [7, 11) is 0. The Labute approximate surface area is 102 Å². The molecule has 0 aromatic heterocycles. The van der Waals surface area contributed by atoms with Gasteiger partial charge >= 0.3 is 0 Å². The molecule has 2 rings (SSSR count). The Hall–Kier alpha value is -1.71. The quantitative estimate of drug-likeness (QED) is 0.716. The smallest absolute Gasteiger partial charge is 0.222 e. The van der Waals surface area contributed by atoms with Gasteiger partial charge in [-0.15, -0.1) is 0 Å². The van der Waals surface area contributed by atoms with Crippen molar-refractivity contribution in [1.82, 2.24) is 4.90 Å². The number of fused-ring (bicyclic) bond motifs is 1. The highest BCUT2D eigenvalue weighted by molar-refractivity contribution is 5.76. The molecule has 1 aliphatic heterocycles. The van der Waals surface area contributed by atoms with Crippen LogP contribution in [0.2, 0.25) is 0 Å². The molecule has 1 aromatic carbocycles. The van der Waals surface area contributed by atoms with Gasteiger partial charge < -0.3 is 16.4 Å². The van der Waals surface area contributed by atoms with Crippen molar-refractivity contribution in [2.24, 2.45) is 0 Å². The van der Waals surface area contributed by atoms with E-state index in [2.05, 4.69) is 0 Å². The maximum Gasteiger partial charge on any atom is 0.222 e. The third kappa shape index (κ3) is 2.35. The molecule has 1 heterocycles. The number of nitrogens with zero attached hydrogens (tertiary/aromatic N) is 1. The van der Waals surface area contributed by atoms with Crippen molar-refractivity contribution in [3.8, 4) is 0 Å². The van der Waals surface area contributed by atoms with E-state index in [1.165, 1.54) is 11.1 Å². The third-order valence-electron chi connectivity index (χ3n) is 3.36. The van der Waals surface area contributed by atoms with Crippen molar-refractivity contribution in [3.63, 3.8) is 0 Å². The SMILES string of the molecule is CCC(=O)N1CCc2cc(N)c(N)cc2CC1. The molecule has 0 spiro atoms. The van der Waals surface area contributed by atoms with Crippen LogP contribution in [0.5, 0.6) is 0 Å². The van der Waals surface area contributed by atoms with Crippen molar-refractivity contribution in [1.29, 1.82) is 0 Å². The summed E-state index contributed by atoms with van der Waals surface area (Å²) in [5.41, 5.74) is 15.3. The average Bonchev–Trinajstić information content (AvgIpc) is 2.52. The van der Waals surface area contributed by atoms with Crippen LogP contribution >= 0.6 is 0 Å². The molecule has 4 heteroatoms. The minimum Gasteiger partial charge on any atom is -0.397 e. The summed E-state index contributed by atoms with van der Waals surface area (Å²) in [6.07, 6.45) is 2.30. The van der Waals surface area contributed by atoms with Gasteiger partial charge in [0.05, 0.1) is 11.4 Å². The molecule has 0 radical (unpaired) electrons. The van der Waals surface area contributed by atoms with Crippen LogP contribution in [0.4, 0.5) is 11.4 Å². The van der Waals surface area contributed by atoms with E-state index in [1.807, 2.05) is 24.0 Å². The summed E-state index contributed by atoms with van der Waals surface area (Å²) in [6, 6.07) is 3.90. The van der Waals surface area contributed by atoms with Crippen LogP contribution in [-0.2, 0) is 17.6 Å². The normalized spacial score (nSPS) is 15.2. The lowest BCUT2D eigenvalue weighted by molar-refractivity contribution is -0.130. The molecule has 1 aliphatic rings. The third-order valence-corrected chi connectivity index (χ3v) is 3.36. The van der Waals surface area contributed by atoms with Crippen molar-refractivity contribution >= 4 is 17.3 Å². The molecular weight excluding hydrogens is 214 g/mol. The van der Waals surface area contributed by atoms with Gasteiger partial charge in [-0.1, -0.05) is 6.92 Å². The Kier molecular flexibility index (Phi) is 3.22. The van der Waals surface area contributed by atoms with Crippen LogP contribution in [0.25, 0.3) is 0 Å². The standard InChI is InChI=1S/C13H19N3O/c1-2-13(17)16-5-3-9-7-11(14)12(15)8-10(9)4-6-16/h7-8H,2-6,14-15H2,1H3. The Balaban J connectivity index is 2.21. The molecule has 0 saturated carbocycles. The van der Waals surface area contributed by atoms with E-state index >= 15 is 0 Å². The van der Waals surface area contributed by atoms with Gasteiger partial charge in [-0.3, -0.25) is 4.79 Å². The van der Waals surface area contributed by atoms with Gasteiger partial charge in [0, 0.05) is 19.5 Å². The lowest BCUT2D eigenvalue weighted by Gasteiger charge is -2.19. The zero-order valence-electron chi connectivity index (χ0n) is 10.2. The highest BCUT2D eigenvalue weighted by Crippen LogP contribution is 2.24. The summed E-state index contributed by atoms with van der Waals surface area (Å²) in [4.78, 5) is 13.6. The van der Waals surface area contributed by atoms with Crippen LogP contribution < -0.4 is 11.5 Å². The molecule has 0 unspecified atom stereocenters. The van der Waals surface area contributed by atoms with Gasteiger partial charge in [0.25, 0.3) is 0 Å². The van der Waals surface area contributed by atoms with Crippen LogP contribution in [0.1, 0.15) is 24.5 Å². The fourth-order valence-electron chi connectivity index (χ4n) is 2.29. The first-order valence-corrected chi connectivity index (χ1v) is 6.06. The summed E-state index contributed by atoms with van der Waals surface area (Å²) in [5, 5.41) is 0. The first-order valence-electron chi connectivity index (χ1n) is 6.06. The topological polar surface area (TPSA) is 72.3 Å². The number of carbonyl (C=O) groups is 1. The molecule has 0 atom stereocenters. The number of benzene rings is 1. The fraction of sp³-hybridized carbons (Fsp3) is 0.462. The van der Waals surface area contributed by atoms with Crippen LogP contribution in [-0.4, -0.2) is 23.9 Å². The maximum atomic E-state index is 11.7. The van der Waals surface area contributed by atoms with Gasteiger partial charge in [0.1, 0.15) is 0 Å². The number of amides is 1. The van der Waals surface area contributed by atoms with Gasteiger partial charge in [0.2, 0.25) is 5.91 Å². The molecule has 17 heavy (non-hydrogen) atoms. The number of hydrogen-bond acceptors (Lipinski definition) is 3. The molecule has 4 nitrogen and oxygen atoms in total. The Bertz CT molecular complexity index is 410. The minimum absolute atomic E-state index is 0.221. The van der Waals surface area contributed by atoms with Gasteiger partial charge in [-0.25, -0.2) is 0 Å². The van der Waals surface area contributed by atoms with E-state index in [4.69, 9.17) is 11.5 Å². The lowest BCUT2D eigenvalue weighted by atomic mass is 10.0. The van der Waals surface area contributed by atoms with Crippen molar-refractivity contribution < 1.29 is 4.79 Å². The average molecular weight is 233 g/mol. The molecule has 0 bridgehead atoms. The van der Waals surface area contributed by atoms with Crippen LogP contribution in [0, 0.1) is 0 Å². The van der Waals surface area contributed by atoms with Crippen LogP contribution in [0.3, 0.4) is 0 Å². The highest BCUT2D eigenvalue weighted by Gasteiger charge is 2.17. The Morgan fingerprint density at radius 2 is 1.65 bits per heavy atom. The predicted octanol–water partition coefficient (Wildman–Crippen LogP) is 1.19. The van der Waals surface area contributed by atoms with E-state index < -0.39 is 0 Å². The summed E-state index contributed by atoms with van der Waals surface area (Å²) < 4.78 is 0. The molecule has 0 aliphatic carbocycles. The zero-order valence-corrected chi connectivity index (χ0v) is 10.2. The van der Waals surface area contributed by atoms with E-state index in [-0.39, 0.29) is 5.91 Å². The minimum atomic E-state index is 0.221. The highest BCUT2D eigenvalue weighted by atomic mass is 16.2. The summed E-state index contributed by atoms with van der Waals surface area (Å²) in [6.45, 7) is 3.46. The largest absolute Gasteiger partial charge is 0.397 e. The van der Waals surface area contributed by atoms with E-state index in [1.54, 1.807) is 0 Å². The first kappa shape index (κ1) is 11.8. The van der Waals surface area contributed by atoms with E-state index in [9.17, 15) is 4.79 Å². The predicted molar refractivity (Wildman–Crippen MR) is 69.5 cm³/mol.